The molecule has 2 aromatic rings. The van der Waals surface area contributed by atoms with E-state index in [4.69, 9.17) is 21.3 Å². The number of hydrogen-bond acceptors (Lipinski definition) is 3. The van der Waals surface area contributed by atoms with Crippen LogP contribution in [-0.4, -0.2) is 5.91 Å². The highest BCUT2D eigenvalue weighted by Crippen LogP contribution is 2.27. The topological polar surface area (TPSA) is 66.0 Å². The Morgan fingerprint density at radius 3 is 2.75 bits per heavy atom. The van der Waals surface area contributed by atoms with E-state index >= 15 is 0 Å². The summed E-state index contributed by atoms with van der Waals surface area (Å²) in [6.07, 6.45) is 0. The number of rotatable bonds is 2. The fourth-order valence-corrected chi connectivity index (χ4v) is 1.98. The largest absolute Gasteiger partial charge is 0.444 e. The van der Waals surface area contributed by atoms with Gasteiger partial charge in [0.15, 0.2) is 0 Å². The molecule has 1 amide bonds. The van der Waals surface area contributed by atoms with Gasteiger partial charge in [0.25, 0.3) is 5.91 Å². The van der Waals surface area contributed by atoms with E-state index in [0.29, 0.717) is 11.3 Å². The van der Waals surface area contributed by atoms with E-state index < -0.39 is 11.7 Å². The van der Waals surface area contributed by atoms with Gasteiger partial charge in [-0.3, -0.25) is 10.1 Å². The molecule has 6 heteroatoms. The highest BCUT2D eigenvalue weighted by Gasteiger charge is 2.21. The van der Waals surface area contributed by atoms with Crippen LogP contribution in [-0.2, 0) is 0 Å². The molecule has 1 aromatic carbocycles. The average Bonchev–Trinajstić information content (AvgIpc) is 2.64. The molecule has 0 fully saturated rings. The van der Waals surface area contributed by atoms with Gasteiger partial charge < -0.3 is 4.42 Å². The zero-order chi connectivity index (χ0) is 14.9. The number of benzene rings is 1. The number of hydrogen-bond donors (Lipinski definition) is 1. The number of anilines is 1. The summed E-state index contributed by atoms with van der Waals surface area (Å²) in [5.74, 6) is -1.00. The van der Waals surface area contributed by atoms with Crippen molar-refractivity contribution in [2.24, 2.45) is 0 Å². The summed E-state index contributed by atoms with van der Waals surface area (Å²) in [5, 5.41) is 11.4. The quantitative estimate of drug-likeness (QED) is 0.915. The van der Waals surface area contributed by atoms with Crippen LogP contribution < -0.4 is 5.32 Å². The van der Waals surface area contributed by atoms with Gasteiger partial charge in [-0.25, -0.2) is 4.39 Å². The number of carbonyl (C=O) groups is 1. The number of nitriles is 1. The Labute approximate surface area is 119 Å². The maximum Gasteiger partial charge on any atom is 0.262 e. The van der Waals surface area contributed by atoms with Gasteiger partial charge >= 0.3 is 0 Å². The predicted molar refractivity (Wildman–Crippen MR) is 72.3 cm³/mol. The molecular weight excluding hydrogens is 283 g/mol. The van der Waals surface area contributed by atoms with Crippen molar-refractivity contribution in [2.45, 2.75) is 13.8 Å². The second kappa shape index (κ2) is 5.35. The van der Waals surface area contributed by atoms with Crippen LogP contribution in [0.25, 0.3) is 0 Å². The summed E-state index contributed by atoms with van der Waals surface area (Å²) in [4.78, 5) is 12.0. The molecule has 1 aromatic heterocycles. The van der Waals surface area contributed by atoms with Crippen LogP contribution in [0.5, 0.6) is 0 Å². The zero-order valence-electron chi connectivity index (χ0n) is 10.8. The fraction of sp³-hybridized carbons (Fsp3) is 0.143. The van der Waals surface area contributed by atoms with Gasteiger partial charge in [0.1, 0.15) is 23.2 Å². The number of amides is 1. The van der Waals surface area contributed by atoms with Crippen molar-refractivity contribution in [1.29, 1.82) is 5.26 Å². The predicted octanol–water partition coefficient (Wildman–Crippen LogP) is 3.81. The molecule has 0 unspecified atom stereocenters. The van der Waals surface area contributed by atoms with Gasteiger partial charge in [-0.05, 0) is 26.0 Å². The summed E-state index contributed by atoms with van der Waals surface area (Å²) in [5.41, 5.74) is 0.551. The standard InChI is InChI=1S/C14H10ClFN2O2/c1-7-8(2)20-14(9(7)6-17)18-13(19)12-10(15)4-3-5-11(12)16/h3-5H,1-2H3,(H,18,19). The molecule has 1 heterocycles. The van der Waals surface area contributed by atoms with Crippen LogP contribution in [0.2, 0.25) is 5.02 Å². The molecule has 102 valence electrons. The average molecular weight is 293 g/mol. The molecule has 2 rings (SSSR count). The highest BCUT2D eigenvalue weighted by atomic mass is 35.5. The lowest BCUT2D eigenvalue weighted by atomic mass is 10.1. The van der Waals surface area contributed by atoms with Crippen LogP contribution in [0.3, 0.4) is 0 Å². The van der Waals surface area contributed by atoms with Gasteiger partial charge in [0.05, 0.1) is 10.6 Å². The first-order valence-corrected chi connectivity index (χ1v) is 6.09. The molecule has 0 aliphatic heterocycles. The minimum Gasteiger partial charge on any atom is -0.444 e. The van der Waals surface area contributed by atoms with Crippen molar-refractivity contribution in [3.63, 3.8) is 0 Å². The third-order valence-corrected chi connectivity index (χ3v) is 3.23. The normalized spacial score (nSPS) is 10.2. The van der Waals surface area contributed by atoms with E-state index in [2.05, 4.69) is 5.32 Å². The first-order valence-electron chi connectivity index (χ1n) is 5.71. The Balaban J connectivity index is 2.39. The van der Waals surface area contributed by atoms with Crippen molar-refractivity contribution in [3.05, 3.63) is 51.5 Å². The number of nitrogens with zero attached hydrogens (tertiary/aromatic N) is 1. The first kappa shape index (κ1) is 14.1. The number of nitrogens with one attached hydrogen (secondary N) is 1. The SMILES string of the molecule is Cc1oc(NC(=O)c2c(F)cccc2Cl)c(C#N)c1C. The Kier molecular flexibility index (Phi) is 3.77. The van der Waals surface area contributed by atoms with E-state index in [1.165, 1.54) is 12.1 Å². The molecule has 0 atom stereocenters. The molecule has 0 radical (unpaired) electrons. The first-order chi connectivity index (χ1) is 9.45. The van der Waals surface area contributed by atoms with Crippen molar-refractivity contribution >= 4 is 23.4 Å². The van der Waals surface area contributed by atoms with E-state index in [0.717, 1.165) is 6.07 Å². The van der Waals surface area contributed by atoms with Gasteiger partial charge in [-0.15, -0.1) is 0 Å². The second-order valence-electron chi connectivity index (χ2n) is 4.15. The lowest BCUT2D eigenvalue weighted by molar-refractivity contribution is 0.102. The maximum atomic E-state index is 13.6. The Bertz CT molecular complexity index is 711. The van der Waals surface area contributed by atoms with E-state index in [1.54, 1.807) is 13.8 Å². The van der Waals surface area contributed by atoms with Gasteiger partial charge in [0, 0.05) is 5.56 Å². The Morgan fingerprint density at radius 1 is 1.45 bits per heavy atom. The minimum absolute atomic E-state index is 0.00757. The Morgan fingerprint density at radius 2 is 2.15 bits per heavy atom. The molecular formula is C14H10ClFN2O2. The van der Waals surface area contributed by atoms with Gasteiger partial charge in [-0.2, -0.15) is 5.26 Å². The zero-order valence-corrected chi connectivity index (χ0v) is 11.5. The van der Waals surface area contributed by atoms with Crippen LogP contribution in [0.15, 0.2) is 22.6 Å². The van der Waals surface area contributed by atoms with Crippen LogP contribution in [0.4, 0.5) is 10.3 Å². The summed E-state index contributed by atoms with van der Waals surface area (Å²) in [6, 6.07) is 5.87. The Hall–Kier alpha value is -2.32. The molecule has 20 heavy (non-hydrogen) atoms. The second-order valence-corrected chi connectivity index (χ2v) is 4.56. The molecule has 0 bridgehead atoms. The number of halogens is 2. The molecule has 0 saturated heterocycles. The molecule has 0 aliphatic carbocycles. The monoisotopic (exact) mass is 292 g/mol. The number of furan rings is 1. The van der Waals surface area contributed by atoms with Crippen molar-refractivity contribution in [2.75, 3.05) is 5.32 Å². The molecule has 4 nitrogen and oxygen atoms in total. The number of carbonyl (C=O) groups excluding carboxylic acids is 1. The third kappa shape index (κ3) is 2.38. The summed E-state index contributed by atoms with van der Waals surface area (Å²) in [6.45, 7) is 3.37. The van der Waals surface area contributed by atoms with E-state index in [-0.39, 0.29) is 22.0 Å². The fourth-order valence-electron chi connectivity index (χ4n) is 1.73. The molecule has 0 spiro atoms. The van der Waals surface area contributed by atoms with Crippen LogP contribution >= 0.6 is 11.6 Å². The van der Waals surface area contributed by atoms with Crippen LogP contribution in [0, 0.1) is 31.0 Å². The summed E-state index contributed by atoms with van der Waals surface area (Å²) < 4.78 is 18.9. The highest BCUT2D eigenvalue weighted by molar-refractivity contribution is 6.34. The number of aryl methyl sites for hydroxylation is 1. The molecule has 0 aliphatic rings. The van der Waals surface area contributed by atoms with E-state index in [1.807, 2.05) is 6.07 Å². The van der Waals surface area contributed by atoms with Crippen molar-refractivity contribution in [3.8, 4) is 6.07 Å². The van der Waals surface area contributed by atoms with Crippen molar-refractivity contribution < 1.29 is 13.6 Å². The van der Waals surface area contributed by atoms with E-state index in [9.17, 15) is 9.18 Å². The third-order valence-electron chi connectivity index (χ3n) is 2.91. The lowest BCUT2D eigenvalue weighted by Crippen LogP contribution is -2.14. The van der Waals surface area contributed by atoms with Gasteiger partial charge in [0.2, 0.25) is 5.88 Å². The summed E-state index contributed by atoms with van der Waals surface area (Å²) >= 11 is 5.80. The van der Waals surface area contributed by atoms with Crippen LogP contribution in [0.1, 0.15) is 27.2 Å². The smallest absolute Gasteiger partial charge is 0.262 e. The lowest BCUT2D eigenvalue weighted by Gasteiger charge is -2.05. The van der Waals surface area contributed by atoms with Crippen molar-refractivity contribution in [1.82, 2.24) is 0 Å². The molecule has 1 N–H and O–H groups in total. The van der Waals surface area contributed by atoms with Gasteiger partial charge in [-0.1, -0.05) is 17.7 Å². The maximum absolute atomic E-state index is 13.6. The molecule has 0 saturated carbocycles. The minimum atomic E-state index is -0.765. The summed E-state index contributed by atoms with van der Waals surface area (Å²) in [7, 11) is 0.